The van der Waals surface area contributed by atoms with Gasteiger partial charge < -0.3 is 0 Å². The summed E-state index contributed by atoms with van der Waals surface area (Å²) in [6.07, 6.45) is 21.5. The van der Waals surface area contributed by atoms with Crippen molar-refractivity contribution in [3.05, 3.63) is 49.1 Å². The van der Waals surface area contributed by atoms with Crippen molar-refractivity contribution in [2.75, 3.05) is 6.26 Å². The fourth-order valence-corrected chi connectivity index (χ4v) is 67.8. The van der Waals surface area contributed by atoms with E-state index >= 15 is 0 Å². The molecule has 7 heteroatoms. The SMILES string of the molecule is CCC[CH2][Sn]([CH2]CCC)([CH2]CCC)[C]1=CC=[C]([Sn]([CH2]CCC)([CH2]CCC)[CH2]CCC)P1(=NS(C)(=O)=O)c1ccccc1. The van der Waals surface area contributed by atoms with Crippen molar-refractivity contribution < 1.29 is 8.42 Å². The molecular formula is C35H64NO2PSSn2. The molecule has 0 bridgehead atoms. The van der Waals surface area contributed by atoms with Crippen LogP contribution in [0.25, 0.3) is 0 Å². The van der Waals surface area contributed by atoms with E-state index in [2.05, 4.69) is 84.0 Å². The van der Waals surface area contributed by atoms with Crippen molar-refractivity contribution in [2.45, 2.75) is 145 Å². The van der Waals surface area contributed by atoms with Crippen LogP contribution in [0.5, 0.6) is 0 Å². The van der Waals surface area contributed by atoms with Crippen LogP contribution in [0, 0.1) is 0 Å². The Bertz CT molecular complexity index is 1070. The molecule has 240 valence electrons. The Balaban J connectivity index is 3.10. The maximum absolute atomic E-state index is 13.6. The van der Waals surface area contributed by atoms with Crippen molar-refractivity contribution >= 4 is 59.1 Å². The molecule has 3 nitrogen and oxygen atoms in total. The fourth-order valence-electron chi connectivity index (χ4n) is 7.43. The molecule has 1 aromatic carbocycles. The predicted molar refractivity (Wildman–Crippen MR) is 196 cm³/mol. The third kappa shape index (κ3) is 9.99. The predicted octanol–water partition coefficient (Wildman–Crippen LogP) is 12.0. The van der Waals surface area contributed by atoms with Gasteiger partial charge in [-0.1, -0.05) is 0 Å². The van der Waals surface area contributed by atoms with Gasteiger partial charge in [-0.25, -0.2) is 0 Å². The molecule has 1 aromatic rings. The third-order valence-electron chi connectivity index (χ3n) is 9.64. The topological polar surface area (TPSA) is 46.5 Å². The van der Waals surface area contributed by atoms with E-state index in [1.165, 1.54) is 115 Å². The summed E-state index contributed by atoms with van der Waals surface area (Å²) in [5.41, 5.74) is 0. The van der Waals surface area contributed by atoms with Gasteiger partial charge in [0.1, 0.15) is 0 Å². The van der Waals surface area contributed by atoms with Gasteiger partial charge in [0.05, 0.1) is 0 Å². The molecule has 0 radical (unpaired) electrons. The third-order valence-corrected chi connectivity index (χ3v) is 56.0. The van der Waals surface area contributed by atoms with Crippen molar-refractivity contribution in [1.29, 1.82) is 0 Å². The molecule has 0 unspecified atom stereocenters. The molecule has 1 heterocycles. The minimum absolute atomic E-state index is 1.22. The Hall–Kier alpha value is 0.477. The van der Waals surface area contributed by atoms with Crippen molar-refractivity contribution in [2.24, 2.45) is 4.15 Å². The van der Waals surface area contributed by atoms with Crippen LogP contribution in [-0.2, 0) is 10.0 Å². The van der Waals surface area contributed by atoms with Gasteiger partial charge in [-0.2, -0.15) is 0 Å². The number of sulfonamides is 1. The van der Waals surface area contributed by atoms with Crippen LogP contribution in [0.15, 0.2) is 53.3 Å². The van der Waals surface area contributed by atoms with Gasteiger partial charge in [0.2, 0.25) is 0 Å². The number of hydrogen-bond donors (Lipinski definition) is 0. The second-order valence-electron chi connectivity index (χ2n) is 13.1. The summed E-state index contributed by atoms with van der Waals surface area (Å²) in [4.78, 5) is 0. The van der Waals surface area contributed by atoms with Gasteiger partial charge in [0, 0.05) is 0 Å². The van der Waals surface area contributed by atoms with Crippen LogP contribution in [0.3, 0.4) is 0 Å². The number of rotatable bonds is 22. The van der Waals surface area contributed by atoms with E-state index < -0.39 is 53.8 Å². The summed E-state index contributed by atoms with van der Waals surface area (Å²) >= 11 is -6.13. The van der Waals surface area contributed by atoms with Crippen LogP contribution in [-0.4, -0.2) is 51.4 Å². The number of unbranched alkanes of at least 4 members (excludes halogenated alkanes) is 6. The number of hydrogen-bond acceptors (Lipinski definition) is 2. The minimum atomic E-state index is -3.56. The Labute approximate surface area is 270 Å². The number of nitrogens with zero attached hydrogens (tertiary/aromatic N) is 1. The molecule has 0 atom stereocenters. The van der Waals surface area contributed by atoms with E-state index in [-0.39, 0.29) is 0 Å². The zero-order chi connectivity index (χ0) is 31.1. The van der Waals surface area contributed by atoms with E-state index in [4.69, 9.17) is 4.15 Å². The summed E-state index contributed by atoms with van der Waals surface area (Å²) in [6, 6.07) is 11.0. The average Bonchev–Trinajstić information content (AvgIpc) is 3.37. The quantitative estimate of drug-likeness (QED) is 0.0863. The zero-order valence-corrected chi connectivity index (χ0v) is 35.8. The normalized spacial score (nSPS) is 15.5. The Morgan fingerprint density at radius 2 is 0.881 bits per heavy atom. The zero-order valence-electron chi connectivity index (χ0n) is 28.4. The first-order valence-electron chi connectivity index (χ1n) is 17.5. The monoisotopic (exact) mass is 833 g/mol. The van der Waals surface area contributed by atoms with E-state index in [9.17, 15) is 8.42 Å². The molecule has 42 heavy (non-hydrogen) atoms. The first-order valence-corrected chi connectivity index (χ1v) is 36.0. The molecule has 0 N–H and O–H groups in total. The summed E-state index contributed by atoms with van der Waals surface area (Å²) in [7, 11) is -6.14. The van der Waals surface area contributed by atoms with Gasteiger partial charge in [-0.05, 0) is 0 Å². The average molecular weight is 831 g/mol. The maximum atomic E-state index is 13.6. The molecule has 0 amide bonds. The standard InChI is InChI=1S/C11H10NO2PS.6C4H9.2Sn/c1-16(13,14)12-15(9-5-6-10-15)11-7-3-2-4-8-11;6*1-3-4-2;;/h2-8H,1H3;6*1,3-4H2,2H3;;. The summed E-state index contributed by atoms with van der Waals surface area (Å²) < 4.78 is 44.0. The summed E-state index contributed by atoms with van der Waals surface area (Å²) in [5.74, 6) is 0. The molecule has 0 fully saturated rings. The van der Waals surface area contributed by atoms with Gasteiger partial charge in [-0.3, -0.25) is 0 Å². The Morgan fingerprint density at radius 3 is 1.14 bits per heavy atom. The molecule has 2 rings (SSSR count). The fraction of sp³-hybridized carbons (Fsp3) is 0.714. The Kier molecular flexibility index (Phi) is 17.7. The van der Waals surface area contributed by atoms with Crippen LogP contribution < -0.4 is 5.30 Å². The van der Waals surface area contributed by atoms with E-state index in [0.717, 1.165) is 0 Å². The molecule has 0 saturated heterocycles. The first kappa shape index (κ1) is 38.7. The second kappa shape index (κ2) is 19.2. The van der Waals surface area contributed by atoms with E-state index in [1.807, 2.05) is 0 Å². The van der Waals surface area contributed by atoms with Crippen molar-refractivity contribution in [3.8, 4) is 0 Å². The van der Waals surface area contributed by atoms with Gasteiger partial charge in [0.15, 0.2) is 0 Å². The van der Waals surface area contributed by atoms with Gasteiger partial charge in [-0.15, -0.1) is 0 Å². The molecular weight excluding hydrogens is 767 g/mol. The molecule has 1 aliphatic rings. The van der Waals surface area contributed by atoms with Crippen LogP contribution in [0.1, 0.15) is 119 Å². The van der Waals surface area contributed by atoms with Crippen LogP contribution >= 0.6 is 7.05 Å². The number of benzene rings is 1. The Morgan fingerprint density at radius 1 is 0.571 bits per heavy atom. The van der Waals surface area contributed by atoms with Crippen molar-refractivity contribution in [3.63, 3.8) is 0 Å². The molecule has 0 aliphatic carbocycles. The summed E-state index contributed by atoms with van der Waals surface area (Å²) in [5, 5.41) is 1.25. The van der Waals surface area contributed by atoms with Gasteiger partial charge >= 0.3 is 272 Å². The van der Waals surface area contributed by atoms with Crippen LogP contribution in [0.2, 0.25) is 26.6 Å². The van der Waals surface area contributed by atoms with Crippen LogP contribution in [0.4, 0.5) is 0 Å². The molecule has 0 spiro atoms. The van der Waals surface area contributed by atoms with Gasteiger partial charge in [0.25, 0.3) is 0 Å². The first-order chi connectivity index (χ1) is 20.1. The molecule has 1 aliphatic heterocycles. The second-order valence-corrected chi connectivity index (χ2v) is 46.6. The van der Waals surface area contributed by atoms with Crippen molar-refractivity contribution in [1.82, 2.24) is 0 Å². The molecule has 0 saturated carbocycles. The van der Waals surface area contributed by atoms with E-state index in [0.29, 0.717) is 0 Å². The molecule has 0 aromatic heterocycles. The number of allylic oxidation sites excluding steroid dienone is 2. The summed E-state index contributed by atoms with van der Waals surface area (Å²) in [6.45, 7) is 14.0. The van der Waals surface area contributed by atoms with E-state index in [1.54, 1.807) is 6.66 Å².